The molecular formula is C51H49F4N5O7S2. The van der Waals surface area contributed by atoms with Crippen molar-refractivity contribution < 1.29 is 40.4 Å². The normalized spacial score (nSPS) is 18.4. The highest BCUT2D eigenvalue weighted by Crippen LogP contribution is 2.39. The summed E-state index contributed by atoms with van der Waals surface area (Å²) in [6.45, 7) is 1.67. The summed E-state index contributed by atoms with van der Waals surface area (Å²) in [5.74, 6) is -5.76. The van der Waals surface area contributed by atoms with E-state index in [0.717, 1.165) is 55.4 Å². The van der Waals surface area contributed by atoms with E-state index in [-0.39, 0.29) is 73.3 Å². The lowest BCUT2D eigenvalue weighted by molar-refractivity contribution is -0.120. The van der Waals surface area contributed by atoms with E-state index in [2.05, 4.69) is 25.6 Å². The summed E-state index contributed by atoms with van der Waals surface area (Å²) >= 11 is 1.18. The van der Waals surface area contributed by atoms with Crippen LogP contribution in [0.5, 0.6) is 0 Å². The third-order valence-corrected chi connectivity index (χ3v) is 15.6. The summed E-state index contributed by atoms with van der Waals surface area (Å²) in [7, 11) is -3.44. The minimum absolute atomic E-state index is 0.0147. The summed E-state index contributed by atoms with van der Waals surface area (Å²) in [4.78, 5) is 69.1. The smallest absolute Gasteiger partial charge is 0.270 e. The van der Waals surface area contributed by atoms with Gasteiger partial charge in [-0.2, -0.15) is 0 Å². The van der Waals surface area contributed by atoms with Crippen molar-refractivity contribution >= 4 is 54.6 Å². The minimum atomic E-state index is -3.44. The Labute approximate surface area is 398 Å². The number of ketones is 1. The van der Waals surface area contributed by atoms with Crippen molar-refractivity contribution in [1.82, 2.24) is 25.6 Å². The highest BCUT2D eigenvalue weighted by atomic mass is 32.2. The maximum atomic E-state index is 13.6. The predicted octanol–water partition coefficient (Wildman–Crippen LogP) is 9.02. The molecule has 4 aliphatic rings. The number of aromatic nitrogens is 3. The Hall–Kier alpha value is -6.53. The van der Waals surface area contributed by atoms with E-state index in [1.807, 2.05) is 36.4 Å². The van der Waals surface area contributed by atoms with Gasteiger partial charge in [-0.05, 0) is 80.2 Å². The standard InChI is InChI=1S/C22H22F2N2O2.C17H15F2NO2.C12H12N2O3S2/c1-22(23,24)15-6-4-14(5-7-15)18(12-16-8-11-20(27)25-16)19-10-9-17(13-2-3-13)21(28)26-19;1-17(18,19)12-6-4-11(5-7-12)15(21)14-9-8-13(10-2-3-10)16(22)20-14;15-11-6-5-8(13-11)7-19(16,17)12-14-9-3-1-2-4-10(9)18-12/h4-7,9-10,12-13,16H,2-3,8,11H2,1H3,(H,25,27)(H,26,28);4-10H,2-3H2,1H3,(H,20,22);1-4,8H,5-7H2,(H,13,15)/b18-12-;;/t16-;;8-/m1.1/s1. The van der Waals surface area contributed by atoms with Crippen LogP contribution in [0.3, 0.4) is 0 Å². The molecule has 3 aromatic carbocycles. The number of sulfone groups is 1. The summed E-state index contributed by atoms with van der Waals surface area (Å²) in [6.07, 6.45) is 8.06. The van der Waals surface area contributed by atoms with Crippen molar-refractivity contribution in [2.24, 2.45) is 0 Å². The Bertz CT molecular complexity index is 3130. The van der Waals surface area contributed by atoms with Crippen molar-refractivity contribution in [2.75, 3.05) is 5.75 Å². The van der Waals surface area contributed by atoms with E-state index in [1.165, 1.54) is 47.7 Å². The molecule has 4 fully saturated rings. The van der Waals surface area contributed by atoms with Gasteiger partial charge in [0.1, 0.15) is 0 Å². The molecule has 0 unspecified atom stereocenters. The first kappa shape index (κ1) is 48.9. The molecule has 0 bridgehead atoms. The molecular weight excluding hydrogens is 935 g/mol. The molecule has 0 radical (unpaired) electrons. The molecule has 2 aliphatic heterocycles. The number of hydrogen-bond acceptors (Lipinski definition) is 9. The average molecular weight is 984 g/mol. The molecule has 3 aromatic heterocycles. The highest BCUT2D eigenvalue weighted by Gasteiger charge is 2.31. The third kappa shape index (κ3) is 12.2. The summed E-state index contributed by atoms with van der Waals surface area (Å²) in [5.41, 5.74) is 4.10. The molecule has 69 heavy (non-hydrogen) atoms. The monoisotopic (exact) mass is 983 g/mol. The van der Waals surface area contributed by atoms with E-state index in [1.54, 1.807) is 30.3 Å². The number of H-pyrrole nitrogens is 2. The van der Waals surface area contributed by atoms with Crippen LogP contribution in [0.25, 0.3) is 15.8 Å². The fourth-order valence-electron chi connectivity index (χ4n) is 8.13. The number of carbonyl (C=O) groups is 3. The predicted molar refractivity (Wildman–Crippen MR) is 255 cm³/mol. The van der Waals surface area contributed by atoms with Crippen LogP contribution in [-0.4, -0.2) is 58.8 Å². The first-order chi connectivity index (χ1) is 32.7. The van der Waals surface area contributed by atoms with Gasteiger partial charge in [0.25, 0.3) is 23.0 Å². The summed E-state index contributed by atoms with van der Waals surface area (Å²) in [5, 5.41) is 5.56. The molecule has 18 heteroatoms. The third-order valence-electron chi connectivity index (χ3n) is 12.2. The van der Waals surface area contributed by atoms with Crippen molar-refractivity contribution in [2.45, 2.75) is 105 Å². The van der Waals surface area contributed by atoms with Crippen molar-refractivity contribution in [1.29, 1.82) is 0 Å². The molecule has 2 amide bonds. The molecule has 2 saturated carbocycles. The molecule has 4 N–H and O–H groups in total. The van der Waals surface area contributed by atoms with Gasteiger partial charge >= 0.3 is 0 Å². The van der Waals surface area contributed by atoms with E-state index >= 15 is 0 Å². The maximum absolute atomic E-state index is 13.6. The second-order valence-electron chi connectivity index (χ2n) is 17.9. The first-order valence-electron chi connectivity index (χ1n) is 22.6. The fraction of sp³-hybridized carbons (Fsp3) is 0.333. The Morgan fingerprint density at radius 3 is 1.68 bits per heavy atom. The maximum Gasteiger partial charge on any atom is 0.270 e. The van der Waals surface area contributed by atoms with Crippen molar-refractivity contribution in [3.63, 3.8) is 0 Å². The Balaban J connectivity index is 0.000000142. The Kier molecular flexibility index (Phi) is 14.1. The number of para-hydroxylation sites is 1. The van der Waals surface area contributed by atoms with Crippen molar-refractivity contribution in [3.8, 4) is 0 Å². The van der Waals surface area contributed by atoms with Crippen molar-refractivity contribution in [3.05, 3.63) is 169 Å². The number of hydrogen-bond donors (Lipinski definition) is 4. The van der Waals surface area contributed by atoms with Crippen LogP contribution in [0.2, 0.25) is 0 Å². The van der Waals surface area contributed by atoms with Crippen LogP contribution < -0.4 is 21.8 Å². The van der Waals surface area contributed by atoms with E-state index in [4.69, 9.17) is 0 Å². The van der Waals surface area contributed by atoms with Gasteiger partial charge in [0.05, 0.1) is 21.7 Å². The number of benzene rings is 3. The molecule has 2 saturated heterocycles. The van der Waals surface area contributed by atoms with Crippen LogP contribution >= 0.6 is 11.3 Å². The largest absolute Gasteiger partial charge is 0.352 e. The Morgan fingerprint density at radius 1 is 0.667 bits per heavy atom. The molecule has 6 aromatic rings. The van der Waals surface area contributed by atoms with Gasteiger partial charge in [-0.15, -0.1) is 11.3 Å². The molecule has 10 rings (SSSR count). The Morgan fingerprint density at radius 2 is 1.19 bits per heavy atom. The second-order valence-corrected chi connectivity index (χ2v) is 21.2. The van der Waals surface area contributed by atoms with Gasteiger partial charge in [0, 0.05) is 77.9 Å². The van der Waals surface area contributed by atoms with Gasteiger partial charge < -0.3 is 20.6 Å². The van der Waals surface area contributed by atoms with Gasteiger partial charge in [-0.1, -0.05) is 78.9 Å². The van der Waals surface area contributed by atoms with Crippen LogP contribution in [0, 0.1) is 0 Å². The number of nitrogens with one attached hydrogen (secondary N) is 4. The van der Waals surface area contributed by atoms with Crippen LogP contribution in [0.15, 0.2) is 117 Å². The lowest BCUT2D eigenvalue weighted by atomic mass is 9.96. The number of aromatic amines is 2. The van der Waals surface area contributed by atoms with Crippen LogP contribution in [0.1, 0.15) is 127 Å². The van der Waals surface area contributed by atoms with E-state index in [9.17, 15) is 50.0 Å². The van der Waals surface area contributed by atoms with Crippen LogP contribution in [-0.2, 0) is 31.3 Å². The number of amides is 2. The van der Waals surface area contributed by atoms with Crippen LogP contribution in [0.4, 0.5) is 17.6 Å². The number of alkyl halides is 4. The summed E-state index contributed by atoms with van der Waals surface area (Å²) in [6, 6.07) is 25.1. The SMILES string of the molecule is CC(F)(F)c1ccc(/C(=C/[C@H]2CCC(=O)N2)c2ccc(C3CC3)c(=O)[nH]2)cc1.CC(F)(F)c1ccc(C(=O)c2ccc(C3CC3)c(=O)[nH]2)cc1.O=C1CC[C@H](CS(=O)(=O)c2nc3ccccc3s2)N1. The minimum Gasteiger partial charge on any atom is -0.352 e. The van der Waals surface area contributed by atoms with Gasteiger partial charge in [-0.3, -0.25) is 24.0 Å². The average Bonchev–Trinajstić information content (AvgIpc) is 4.21. The van der Waals surface area contributed by atoms with Gasteiger partial charge in [0.2, 0.25) is 31.8 Å². The quantitative estimate of drug-likeness (QED) is 0.0691. The zero-order valence-corrected chi connectivity index (χ0v) is 39.3. The zero-order valence-electron chi connectivity index (χ0n) is 37.6. The number of pyridine rings is 2. The molecule has 360 valence electrons. The lowest BCUT2D eigenvalue weighted by Crippen LogP contribution is -2.32. The first-order valence-corrected chi connectivity index (χ1v) is 25.1. The number of nitrogens with zero attached hydrogens (tertiary/aromatic N) is 1. The molecule has 12 nitrogen and oxygen atoms in total. The lowest BCUT2D eigenvalue weighted by Gasteiger charge is -2.15. The number of carbonyl (C=O) groups excluding carboxylic acids is 3. The number of fused-ring (bicyclic) bond motifs is 1. The molecule has 2 atom stereocenters. The molecule has 5 heterocycles. The molecule has 0 spiro atoms. The zero-order chi connectivity index (χ0) is 49.3. The number of rotatable bonds is 12. The topological polar surface area (TPSA) is 188 Å². The number of halogens is 4. The number of thiazole rings is 1. The highest BCUT2D eigenvalue weighted by molar-refractivity contribution is 7.93. The van der Waals surface area contributed by atoms with Gasteiger partial charge in [0.15, 0.2) is 0 Å². The van der Waals surface area contributed by atoms with E-state index in [0.29, 0.717) is 59.9 Å². The van der Waals surface area contributed by atoms with Gasteiger partial charge in [-0.25, -0.2) is 31.0 Å². The summed E-state index contributed by atoms with van der Waals surface area (Å²) < 4.78 is 78.9. The fourth-order valence-corrected chi connectivity index (χ4v) is 11.0. The molecule has 2 aliphatic carbocycles. The van der Waals surface area contributed by atoms with E-state index < -0.39 is 21.7 Å². The second kappa shape index (κ2) is 19.8.